The number of rotatable bonds is 4. The molecule has 0 aromatic heterocycles. The van der Waals surface area contributed by atoms with E-state index in [1.54, 1.807) is 0 Å². The fourth-order valence-electron chi connectivity index (χ4n) is 1.94. The maximum Gasteiger partial charge on any atom is 0.332 e. The predicted octanol–water partition coefficient (Wildman–Crippen LogP) is -1.73. The van der Waals surface area contributed by atoms with Crippen LogP contribution in [0.2, 0.25) is 0 Å². The molecule has 1 N–H and O–H groups in total. The highest BCUT2D eigenvalue weighted by Crippen LogP contribution is 2.30. The van der Waals surface area contributed by atoms with E-state index in [-0.39, 0.29) is 13.2 Å². The Morgan fingerprint density at radius 1 is 1.35 bits per heavy atom. The first-order valence-corrected chi connectivity index (χ1v) is 4.96. The number of nitrogens with zero attached hydrogens (tertiary/aromatic N) is 1. The number of esters is 1. The second-order valence-corrected chi connectivity index (χ2v) is 3.65. The first-order chi connectivity index (χ1) is 8.11. The third kappa shape index (κ3) is 2.46. The molecule has 2 rings (SSSR count). The molecule has 0 amide bonds. The molecular weight excluding hydrogens is 238 g/mol. The molecule has 0 radical (unpaired) electrons. The summed E-state index contributed by atoms with van der Waals surface area (Å²) in [6.07, 6.45) is -2.69. The summed E-state index contributed by atoms with van der Waals surface area (Å²) in [5, 5.41) is 17.8. The molecule has 0 aliphatic carbocycles. The van der Waals surface area contributed by atoms with Crippen molar-refractivity contribution in [3.63, 3.8) is 0 Å². The summed E-state index contributed by atoms with van der Waals surface area (Å²) in [6, 6.07) is 0. The van der Waals surface area contributed by atoms with Crippen molar-refractivity contribution in [1.29, 1.82) is 0 Å². The van der Waals surface area contributed by atoms with E-state index in [9.17, 15) is 14.9 Å². The van der Waals surface area contributed by atoms with Crippen LogP contribution < -0.4 is 0 Å². The molecule has 0 bridgehead atoms. The Morgan fingerprint density at radius 2 is 1.94 bits per heavy atom. The molecule has 4 atom stereocenters. The summed E-state index contributed by atoms with van der Waals surface area (Å²) >= 11 is 0. The Labute approximate surface area is 95.3 Å². The molecule has 0 saturated carbocycles. The quantitative estimate of drug-likeness (QED) is 0.354. The number of ether oxygens (including phenoxy) is 3. The van der Waals surface area contributed by atoms with Crippen molar-refractivity contribution < 1.29 is 34.0 Å². The zero-order valence-corrected chi connectivity index (χ0v) is 8.68. The molecule has 2 aliphatic heterocycles. The first-order valence-electron chi connectivity index (χ1n) is 4.96. The van der Waals surface area contributed by atoms with Crippen LogP contribution in [-0.4, -0.2) is 60.4 Å². The standard InChI is InChI=1S/C8H11NO8/c10-1-6(11)16-4-2-14-8-5(17-9(12)13)3-15-7(4)8/h4-5,7-8,10H,1-3H2/t4-,5?,7-,8-/m1/s1. The van der Waals surface area contributed by atoms with Crippen molar-refractivity contribution >= 4 is 5.97 Å². The highest BCUT2D eigenvalue weighted by atomic mass is 17.0. The summed E-state index contributed by atoms with van der Waals surface area (Å²) in [5.74, 6) is -0.790. The molecular formula is C8H11NO8. The molecule has 0 aromatic carbocycles. The monoisotopic (exact) mass is 249 g/mol. The van der Waals surface area contributed by atoms with Crippen molar-refractivity contribution in [2.75, 3.05) is 19.8 Å². The van der Waals surface area contributed by atoms with E-state index >= 15 is 0 Å². The topological polar surface area (TPSA) is 117 Å². The Bertz CT molecular complexity index is 321. The van der Waals surface area contributed by atoms with E-state index in [2.05, 4.69) is 4.84 Å². The van der Waals surface area contributed by atoms with Gasteiger partial charge in [0, 0.05) is 0 Å². The van der Waals surface area contributed by atoms with Crippen molar-refractivity contribution in [3.05, 3.63) is 10.1 Å². The Balaban J connectivity index is 1.92. The molecule has 17 heavy (non-hydrogen) atoms. The average Bonchev–Trinajstić information content (AvgIpc) is 2.83. The van der Waals surface area contributed by atoms with Crippen LogP contribution in [0.15, 0.2) is 0 Å². The smallest absolute Gasteiger partial charge is 0.332 e. The zero-order chi connectivity index (χ0) is 12.4. The van der Waals surface area contributed by atoms with Gasteiger partial charge in [-0.05, 0) is 0 Å². The fraction of sp³-hybridized carbons (Fsp3) is 0.875. The zero-order valence-electron chi connectivity index (χ0n) is 8.68. The molecule has 2 fully saturated rings. The van der Waals surface area contributed by atoms with E-state index in [0.717, 1.165) is 0 Å². The van der Waals surface area contributed by atoms with Crippen LogP contribution in [0.3, 0.4) is 0 Å². The largest absolute Gasteiger partial charge is 0.455 e. The van der Waals surface area contributed by atoms with Gasteiger partial charge in [-0.15, -0.1) is 10.1 Å². The van der Waals surface area contributed by atoms with Crippen LogP contribution in [-0.2, 0) is 23.8 Å². The summed E-state index contributed by atoms with van der Waals surface area (Å²) in [7, 11) is 0. The average molecular weight is 249 g/mol. The molecule has 96 valence electrons. The molecule has 2 aliphatic rings. The third-order valence-electron chi connectivity index (χ3n) is 2.60. The van der Waals surface area contributed by atoms with Crippen LogP contribution in [0.5, 0.6) is 0 Å². The third-order valence-corrected chi connectivity index (χ3v) is 2.60. The van der Waals surface area contributed by atoms with Crippen LogP contribution in [0.4, 0.5) is 0 Å². The Morgan fingerprint density at radius 3 is 2.53 bits per heavy atom. The Hall–Kier alpha value is -1.45. The second-order valence-electron chi connectivity index (χ2n) is 3.65. The van der Waals surface area contributed by atoms with Crippen LogP contribution in [0.25, 0.3) is 0 Å². The molecule has 2 saturated heterocycles. The van der Waals surface area contributed by atoms with Crippen molar-refractivity contribution in [1.82, 2.24) is 0 Å². The van der Waals surface area contributed by atoms with Crippen molar-refractivity contribution in [3.8, 4) is 0 Å². The van der Waals surface area contributed by atoms with Crippen molar-refractivity contribution in [2.24, 2.45) is 0 Å². The molecule has 9 heteroatoms. The minimum absolute atomic E-state index is 0.00346. The van der Waals surface area contributed by atoms with Gasteiger partial charge in [0.2, 0.25) is 0 Å². The van der Waals surface area contributed by atoms with Gasteiger partial charge in [0.15, 0.2) is 12.2 Å². The second kappa shape index (κ2) is 4.82. The maximum absolute atomic E-state index is 10.9. The minimum Gasteiger partial charge on any atom is -0.455 e. The highest BCUT2D eigenvalue weighted by Gasteiger charge is 2.51. The van der Waals surface area contributed by atoms with Gasteiger partial charge >= 0.3 is 5.97 Å². The number of carbonyl (C=O) groups excluding carboxylic acids is 1. The summed E-state index contributed by atoms with van der Waals surface area (Å²) < 4.78 is 15.3. The van der Waals surface area contributed by atoms with E-state index in [1.165, 1.54) is 0 Å². The number of fused-ring (bicyclic) bond motifs is 1. The van der Waals surface area contributed by atoms with Crippen LogP contribution >= 0.6 is 0 Å². The number of carbonyl (C=O) groups is 1. The SMILES string of the molecule is O=C(CO)O[C@@H]1CO[C@@H]2C(O[N+](=O)[O-])CO[C@@H]21. The number of aliphatic hydroxyl groups excluding tert-OH is 1. The number of hydrogen-bond acceptors (Lipinski definition) is 8. The van der Waals surface area contributed by atoms with Gasteiger partial charge in [-0.3, -0.25) is 0 Å². The van der Waals surface area contributed by atoms with E-state index < -0.39 is 42.1 Å². The summed E-state index contributed by atoms with van der Waals surface area (Å²) in [6.45, 7) is -0.662. The predicted molar refractivity (Wildman–Crippen MR) is 48.3 cm³/mol. The number of hydrogen-bond donors (Lipinski definition) is 1. The summed E-state index contributed by atoms with van der Waals surface area (Å²) in [5.41, 5.74) is 0. The molecule has 1 unspecified atom stereocenters. The number of aliphatic hydroxyl groups is 1. The lowest BCUT2D eigenvalue weighted by Gasteiger charge is -2.15. The molecule has 0 spiro atoms. The van der Waals surface area contributed by atoms with Crippen LogP contribution in [0, 0.1) is 10.1 Å². The summed E-state index contributed by atoms with van der Waals surface area (Å²) in [4.78, 5) is 25.5. The first kappa shape index (κ1) is 12.0. The highest BCUT2D eigenvalue weighted by molar-refractivity contribution is 5.70. The van der Waals surface area contributed by atoms with E-state index in [0.29, 0.717) is 0 Å². The Kier molecular flexibility index (Phi) is 3.41. The lowest BCUT2D eigenvalue weighted by molar-refractivity contribution is -0.769. The van der Waals surface area contributed by atoms with Gasteiger partial charge in [-0.25, -0.2) is 4.79 Å². The van der Waals surface area contributed by atoms with E-state index in [4.69, 9.17) is 19.3 Å². The molecule has 2 heterocycles. The normalized spacial score (nSPS) is 35.4. The lowest BCUT2D eigenvalue weighted by Crippen LogP contribution is -2.36. The van der Waals surface area contributed by atoms with E-state index in [1.807, 2.05) is 0 Å². The van der Waals surface area contributed by atoms with Gasteiger partial charge in [-0.2, -0.15) is 0 Å². The van der Waals surface area contributed by atoms with Gasteiger partial charge in [-0.1, -0.05) is 0 Å². The van der Waals surface area contributed by atoms with Gasteiger partial charge in [0.25, 0.3) is 5.09 Å². The van der Waals surface area contributed by atoms with Gasteiger partial charge in [0.05, 0.1) is 13.2 Å². The van der Waals surface area contributed by atoms with Gasteiger partial charge in [0.1, 0.15) is 18.8 Å². The maximum atomic E-state index is 10.9. The fourth-order valence-corrected chi connectivity index (χ4v) is 1.94. The minimum atomic E-state index is -0.910. The van der Waals surface area contributed by atoms with Crippen LogP contribution in [0.1, 0.15) is 0 Å². The van der Waals surface area contributed by atoms with Gasteiger partial charge < -0.3 is 24.2 Å². The molecule has 0 aromatic rings. The van der Waals surface area contributed by atoms with Crippen molar-refractivity contribution in [2.45, 2.75) is 24.4 Å². The molecule has 9 nitrogen and oxygen atoms in total. The lowest BCUT2D eigenvalue weighted by atomic mass is 10.1.